The van der Waals surface area contributed by atoms with Crippen molar-refractivity contribution in [2.45, 2.75) is 44.9 Å². The third-order valence-corrected chi connectivity index (χ3v) is 5.71. The highest BCUT2D eigenvalue weighted by atomic mass is 16.2. The van der Waals surface area contributed by atoms with Crippen LogP contribution in [0.15, 0.2) is 54.2 Å². The van der Waals surface area contributed by atoms with Crippen LogP contribution in [-0.4, -0.2) is 29.9 Å². The van der Waals surface area contributed by atoms with E-state index in [2.05, 4.69) is 22.4 Å². The van der Waals surface area contributed by atoms with Crippen molar-refractivity contribution in [2.75, 3.05) is 18.0 Å². The number of aryl methyl sites for hydroxylation is 1. The van der Waals surface area contributed by atoms with Gasteiger partial charge in [0, 0.05) is 30.5 Å². The number of para-hydroxylation sites is 1. The molecular weight excluding hydrogens is 362 g/mol. The van der Waals surface area contributed by atoms with Crippen molar-refractivity contribution in [3.63, 3.8) is 0 Å². The largest absolute Gasteiger partial charge is 0.350 e. The maximum atomic E-state index is 13.1. The zero-order chi connectivity index (χ0) is 20.1. The molecule has 0 bridgehead atoms. The van der Waals surface area contributed by atoms with E-state index in [4.69, 9.17) is 0 Å². The van der Waals surface area contributed by atoms with Gasteiger partial charge in [-0.3, -0.25) is 14.6 Å². The summed E-state index contributed by atoms with van der Waals surface area (Å²) in [4.78, 5) is 31.6. The summed E-state index contributed by atoms with van der Waals surface area (Å²) in [6.07, 6.45) is 11.4. The average Bonchev–Trinajstić information content (AvgIpc) is 2.79. The van der Waals surface area contributed by atoms with Gasteiger partial charge in [-0.25, -0.2) is 0 Å². The van der Waals surface area contributed by atoms with E-state index < -0.39 is 0 Å². The summed E-state index contributed by atoms with van der Waals surface area (Å²) in [5.74, 6) is -0.309. The van der Waals surface area contributed by atoms with Gasteiger partial charge in [-0.05, 0) is 68.7 Å². The molecule has 29 heavy (non-hydrogen) atoms. The lowest BCUT2D eigenvalue weighted by molar-refractivity contribution is 0.0949. The van der Waals surface area contributed by atoms with Crippen LogP contribution in [0.5, 0.6) is 0 Å². The first-order valence-corrected chi connectivity index (χ1v) is 10.5. The summed E-state index contributed by atoms with van der Waals surface area (Å²) in [5, 5.41) is 2.94. The number of aromatic nitrogens is 1. The van der Waals surface area contributed by atoms with Gasteiger partial charge in [0.05, 0.1) is 0 Å². The van der Waals surface area contributed by atoms with Crippen molar-refractivity contribution in [1.82, 2.24) is 10.3 Å². The van der Waals surface area contributed by atoms with Gasteiger partial charge < -0.3 is 10.2 Å². The molecule has 2 heterocycles. The second-order valence-electron chi connectivity index (χ2n) is 7.73. The number of hydrogen-bond donors (Lipinski definition) is 1. The second kappa shape index (κ2) is 9.03. The minimum atomic E-state index is -0.227. The van der Waals surface area contributed by atoms with Gasteiger partial charge in [0.25, 0.3) is 11.8 Å². The molecule has 4 rings (SSSR count). The summed E-state index contributed by atoms with van der Waals surface area (Å²) in [6.45, 7) is 1.29. The number of pyridine rings is 1. The average molecular weight is 389 g/mol. The molecule has 5 heteroatoms. The van der Waals surface area contributed by atoms with Gasteiger partial charge in [-0.1, -0.05) is 29.8 Å². The molecule has 5 nitrogen and oxygen atoms in total. The first kappa shape index (κ1) is 19.4. The molecule has 1 aromatic heterocycles. The molecule has 150 valence electrons. The number of benzene rings is 1. The van der Waals surface area contributed by atoms with Crippen LogP contribution in [0, 0.1) is 0 Å². The van der Waals surface area contributed by atoms with Gasteiger partial charge >= 0.3 is 0 Å². The van der Waals surface area contributed by atoms with Gasteiger partial charge in [-0.2, -0.15) is 0 Å². The SMILES string of the molecule is O=C(NCCC1=CCCCC1)c1cc(C(=O)N2CCCc3ccccc32)ccn1. The van der Waals surface area contributed by atoms with Crippen molar-refractivity contribution in [2.24, 2.45) is 0 Å². The number of hydrogen-bond acceptors (Lipinski definition) is 3. The van der Waals surface area contributed by atoms with E-state index in [0.29, 0.717) is 24.3 Å². The van der Waals surface area contributed by atoms with Crippen LogP contribution in [0.3, 0.4) is 0 Å². The Labute approximate surface area is 171 Å². The van der Waals surface area contributed by atoms with Gasteiger partial charge in [-0.15, -0.1) is 0 Å². The third kappa shape index (κ3) is 4.56. The maximum Gasteiger partial charge on any atom is 0.269 e. The van der Waals surface area contributed by atoms with Gasteiger partial charge in [0.1, 0.15) is 5.69 Å². The lowest BCUT2D eigenvalue weighted by Crippen LogP contribution is -2.35. The van der Waals surface area contributed by atoms with Crippen LogP contribution >= 0.6 is 0 Å². The number of anilines is 1. The molecule has 0 saturated heterocycles. The van der Waals surface area contributed by atoms with Crippen LogP contribution in [0.4, 0.5) is 5.69 Å². The molecule has 1 aliphatic heterocycles. The van der Waals surface area contributed by atoms with Crippen molar-refractivity contribution in [3.8, 4) is 0 Å². The number of nitrogens with zero attached hydrogens (tertiary/aromatic N) is 2. The third-order valence-electron chi connectivity index (χ3n) is 5.71. The smallest absolute Gasteiger partial charge is 0.269 e. The highest BCUT2D eigenvalue weighted by molar-refractivity contribution is 6.07. The summed E-state index contributed by atoms with van der Waals surface area (Å²) >= 11 is 0. The number of nitrogens with one attached hydrogen (secondary N) is 1. The van der Waals surface area contributed by atoms with Gasteiger partial charge in [0.15, 0.2) is 0 Å². The van der Waals surface area contributed by atoms with E-state index in [-0.39, 0.29) is 11.8 Å². The Morgan fingerprint density at radius 3 is 2.83 bits per heavy atom. The monoisotopic (exact) mass is 389 g/mol. The highest BCUT2D eigenvalue weighted by Crippen LogP contribution is 2.28. The first-order chi connectivity index (χ1) is 14.2. The lowest BCUT2D eigenvalue weighted by Gasteiger charge is -2.29. The molecule has 1 aromatic carbocycles. The Bertz CT molecular complexity index is 935. The molecule has 1 aliphatic carbocycles. The van der Waals surface area contributed by atoms with Gasteiger partial charge in [0.2, 0.25) is 0 Å². The predicted molar refractivity (Wildman–Crippen MR) is 114 cm³/mol. The molecule has 0 unspecified atom stereocenters. The minimum absolute atomic E-state index is 0.0824. The number of amides is 2. The highest BCUT2D eigenvalue weighted by Gasteiger charge is 2.24. The topological polar surface area (TPSA) is 62.3 Å². The Morgan fingerprint density at radius 1 is 1.07 bits per heavy atom. The van der Waals surface area contributed by atoms with Crippen LogP contribution in [0.1, 0.15) is 64.9 Å². The predicted octanol–water partition coefficient (Wildman–Crippen LogP) is 4.29. The minimum Gasteiger partial charge on any atom is -0.350 e. The maximum absolute atomic E-state index is 13.1. The molecule has 0 radical (unpaired) electrons. The van der Waals surface area contributed by atoms with E-state index in [1.165, 1.54) is 24.0 Å². The quantitative estimate of drug-likeness (QED) is 0.776. The fourth-order valence-corrected chi connectivity index (χ4v) is 4.15. The van der Waals surface area contributed by atoms with E-state index in [0.717, 1.165) is 37.8 Å². The van der Waals surface area contributed by atoms with E-state index in [1.54, 1.807) is 18.3 Å². The molecule has 2 aromatic rings. The zero-order valence-corrected chi connectivity index (χ0v) is 16.7. The van der Waals surface area contributed by atoms with Crippen molar-refractivity contribution in [1.29, 1.82) is 0 Å². The summed E-state index contributed by atoms with van der Waals surface area (Å²) in [5.41, 5.74) is 4.37. The molecular formula is C24H27N3O2. The second-order valence-corrected chi connectivity index (χ2v) is 7.73. The lowest BCUT2D eigenvalue weighted by atomic mass is 9.97. The first-order valence-electron chi connectivity index (χ1n) is 10.5. The number of carbonyl (C=O) groups excluding carboxylic acids is 2. The summed E-state index contributed by atoms with van der Waals surface area (Å²) in [6, 6.07) is 11.3. The number of carbonyl (C=O) groups is 2. The standard InChI is InChI=1S/C24H27N3O2/c28-23(26-14-12-18-7-2-1-3-8-18)21-17-20(13-15-25-21)24(29)27-16-6-10-19-9-4-5-11-22(19)27/h4-5,7,9,11,13,15,17H,1-3,6,8,10,12,14,16H2,(H,26,28). The fraction of sp³-hybridized carbons (Fsp3) is 0.375. The Balaban J connectivity index is 1.42. The van der Waals surface area contributed by atoms with Crippen LogP contribution in [-0.2, 0) is 6.42 Å². The van der Waals surface area contributed by atoms with Crippen LogP contribution in [0.2, 0.25) is 0 Å². The Morgan fingerprint density at radius 2 is 1.97 bits per heavy atom. The molecule has 2 amide bonds. The summed E-state index contributed by atoms with van der Waals surface area (Å²) < 4.78 is 0. The normalized spacial score (nSPS) is 16.0. The number of fused-ring (bicyclic) bond motifs is 1. The Hall–Kier alpha value is -2.95. The zero-order valence-electron chi connectivity index (χ0n) is 16.7. The molecule has 0 atom stereocenters. The fourth-order valence-electron chi connectivity index (χ4n) is 4.15. The van der Waals surface area contributed by atoms with Crippen molar-refractivity contribution >= 4 is 17.5 Å². The van der Waals surface area contributed by atoms with E-state index in [9.17, 15) is 9.59 Å². The van der Waals surface area contributed by atoms with E-state index >= 15 is 0 Å². The Kier molecular flexibility index (Phi) is 6.03. The molecule has 0 fully saturated rings. The van der Waals surface area contributed by atoms with Crippen molar-refractivity contribution < 1.29 is 9.59 Å². The number of allylic oxidation sites excluding steroid dienone is 1. The summed E-state index contributed by atoms with van der Waals surface area (Å²) in [7, 11) is 0. The number of rotatable bonds is 5. The van der Waals surface area contributed by atoms with Crippen molar-refractivity contribution in [3.05, 3.63) is 71.1 Å². The molecule has 2 aliphatic rings. The van der Waals surface area contributed by atoms with Crippen LogP contribution in [0.25, 0.3) is 0 Å². The molecule has 0 spiro atoms. The molecule has 0 saturated carbocycles. The van der Waals surface area contributed by atoms with E-state index in [1.807, 2.05) is 23.1 Å². The van der Waals surface area contributed by atoms with Crippen LogP contribution < -0.4 is 10.2 Å². The molecule has 1 N–H and O–H groups in total.